The lowest BCUT2D eigenvalue weighted by Crippen LogP contribution is -2.54. The van der Waals surface area contributed by atoms with Crippen LogP contribution in [-0.2, 0) is 4.79 Å². The highest BCUT2D eigenvalue weighted by Gasteiger charge is 2.61. The summed E-state index contributed by atoms with van der Waals surface area (Å²) < 4.78 is 0. The summed E-state index contributed by atoms with van der Waals surface area (Å²) in [5.41, 5.74) is 0.747. The van der Waals surface area contributed by atoms with Crippen molar-refractivity contribution in [2.45, 2.75) is 105 Å². The summed E-state index contributed by atoms with van der Waals surface area (Å²) in [6.07, 6.45) is 15.5. The Hall–Kier alpha value is -0.790. The van der Waals surface area contributed by atoms with Crippen LogP contribution in [-0.4, -0.2) is 22.9 Å². The Morgan fingerprint density at radius 2 is 1.57 bits per heavy atom. The van der Waals surface area contributed by atoms with Gasteiger partial charge in [-0.1, -0.05) is 26.0 Å². The molecule has 0 unspecified atom stereocenters. The number of fused-ring (bicyclic) bond motifs is 5. The highest BCUT2D eigenvalue weighted by molar-refractivity contribution is 5.80. The largest absolute Gasteiger partial charge is 0.338 e. The van der Waals surface area contributed by atoms with Crippen molar-refractivity contribution >= 4 is 5.91 Å². The fourth-order valence-corrected chi connectivity index (χ4v) is 8.52. The summed E-state index contributed by atoms with van der Waals surface area (Å²) >= 11 is 0. The van der Waals surface area contributed by atoms with E-state index in [-0.39, 0.29) is 11.3 Å². The molecule has 0 radical (unpaired) electrons. The van der Waals surface area contributed by atoms with E-state index in [1.165, 1.54) is 44.9 Å². The summed E-state index contributed by atoms with van der Waals surface area (Å²) in [6.45, 7) is 13.8. The first kappa shape index (κ1) is 20.5. The van der Waals surface area contributed by atoms with Gasteiger partial charge in [-0.2, -0.15) is 0 Å². The molecule has 0 spiro atoms. The lowest BCUT2D eigenvalue weighted by atomic mass is 9.45. The molecule has 4 aliphatic carbocycles. The normalized spacial score (nSPS) is 44.9. The molecule has 0 heterocycles. The fourth-order valence-electron chi connectivity index (χ4n) is 8.52. The topological polar surface area (TPSA) is 20.3 Å². The van der Waals surface area contributed by atoms with Crippen LogP contribution in [0.3, 0.4) is 0 Å². The first-order valence-electron chi connectivity index (χ1n) is 12.2. The number of hydrogen-bond donors (Lipinski definition) is 0. The van der Waals surface area contributed by atoms with E-state index in [2.05, 4.69) is 58.6 Å². The molecule has 2 heteroatoms. The molecule has 4 aliphatic rings. The van der Waals surface area contributed by atoms with Crippen LogP contribution in [0.2, 0.25) is 0 Å². The minimum Gasteiger partial charge on any atom is -0.338 e. The monoisotopic (exact) mass is 385 g/mol. The lowest BCUT2D eigenvalue weighted by molar-refractivity contribution is -0.148. The second-order valence-corrected chi connectivity index (χ2v) is 11.6. The van der Waals surface area contributed by atoms with E-state index in [9.17, 15) is 4.79 Å². The smallest absolute Gasteiger partial charge is 0.226 e. The van der Waals surface area contributed by atoms with Crippen LogP contribution in [0.1, 0.15) is 92.9 Å². The molecule has 0 aliphatic heterocycles. The maximum atomic E-state index is 13.7. The van der Waals surface area contributed by atoms with Crippen LogP contribution >= 0.6 is 0 Å². The predicted octanol–water partition coefficient (Wildman–Crippen LogP) is 6.46. The van der Waals surface area contributed by atoms with Gasteiger partial charge in [0.15, 0.2) is 0 Å². The van der Waals surface area contributed by atoms with Crippen molar-refractivity contribution in [3.63, 3.8) is 0 Å². The van der Waals surface area contributed by atoms with Crippen molar-refractivity contribution < 1.29 is 4.79 Å². The number of allylic oxidation sites excluding steroid dienone is 2. The molecule has 7 atom stereocenters. The number of amides is 1. The van der Waals surface area contributed by atoms with Gasteiger partial charge in [-0.25, -0.2) is 0 Å². The molecule has 0 bridgehead atoms. The molecular weight excluding hydrogens is 342 g/mol. The average molecular weight is 386 g/mol. The maximum absolute atomic E-state index is 13.7. The Morgan fingerprint density at radius 1 is 0.893 bits per heavy atom. The van der Waals surface area contributed by atoms with Gasteiger partial charge in [0.05, 0.1) is 0 Å². The van der Waals surface area contributed by atoms with E-state index in [0.29, 0.717) is 23.4 Å². The molecule has 4 rings (SSSR count). The minimum atomic E-state index is 0.230. The SMILES string of the molecule is CC(C)N(C(=O)[C@H]1CC[C@H]2[C@@H]3CC[C@H]4C=CCC[C@]4(C)[C@H]3CC[C@]12C)C(C)C. The van der Waals surface area contributed by atoms with Gasteiger partial charge < -0.3 is 4.90 Å². The second-order valence-electron chi connectivity index (χ2n) is 11.6. The van der Waals surface area contributed by atoms with Crippen molar-refractivity contribution in [3.05, 3.63) is 12.2 Å². The van der Waals surface area contributed by atoms with Crippen LogP contribution in [0.5, 0.6) is 0 Å². The van der Waals surface area contributed by atoms with Crippen LogP contribution in [0, 0.1) is 40.4 Å². The van der Waals surface area contributed by atoms with Gasteiger partial charge in [0.2, 0.25) is 5.91 Å². The quantitative estimate of drug-likeness (QED) is 0.511. The summed E-state index contributed by atoms with van der Waals surface area (Å²) in [7, 11) is 0. The summed E-state index contributed by atoms with van der Waals surface area (Å²) in [6, 6.07) is 0.602. The number of rotatable bonds is 3. The molecule has 28 heavy (non-hydrogen) atoms. The Kier molecular flexibility index (Phi) is 5.24. The molecule has 3 fully saturated rings. The van der Waals surface area contributed by atoms with E-state index in [0.717, 1.165) is 30.1 Å². The Labute approximate surface area is 173 Å². The molecule has 0 aromatic heterocycles. The zero-order valence-electron chi connectivity index (χ0n) is 19.2. The van der Waals surface area contributed by atoms with Gasteiger partial charge in [-0.15, -0.1) is 0 Å². The standard InChI is InChI=1S/C26H43NO/c1-17(2)27(18(3)4)24(28)23-13-12-21-20-11-10-19-9-7-8-15-25(19,5)22(20)14-16-26(21,23)6/h7,9,17-23H,8,10-16H2,1-6H3/t19-,20+,21+,22+,23-,25+,26+/m1/s1. The number of hydrogen-bond acceptors (Lipinski definition) is 1. The third-order valence-electron chi connectivity index (χ3n) is 9.83. The first-order chi connectivity index (χ1) is 13.2. The van der Waals surface area contributed by atoms with Gasteiger partial charge >= 0.3 is 0 Å². The lowest BCUT2D eigenvalue weighted by Gasteiger charge is -2.59. The Balaban J connectivity index is 1.59. The van der Waals surface area contributed by atoms with Crippen molar-refractivity contribution in [2.75, 3.05) is 0 Å². The molecule has 0 saturated heterocycles. The third kappa shape index (κ3) is 2.91. The summed E-state index contributed by atoms with van der Waals surface area (Å²) in [5, 5.41) is 0. The van der Waals surface area contributed by atoms with Gasteiger partial charge in [-0.3, -0.25) is 4.79 Å². The molecule has 1 amide bonds. The molecular formula is C26H43NO. The number of carbonyl (C=O) groups is 1. The van der Waals surface area contributed by atoms with E-state index >= 15 is 0 Å². The number of carbonyl (C=O) groups excluding carboxylic acids is 1. The van der Waals surface area contributed by atoms with Crippen molar-refractivity contribution in [1.82, 2.24) is 4.90 Å². The van der Waals surface area contributed by atoms with Crippen LogP contribution in [0.15, 0.2) is 12.2 Å². The van der Waals surface area contributed by atoms with Crippen molar-refractivity contribution in [2.24, 2.45) is 40.4 Å². The van der Waals surface area contributed by atoms with E-state index < -0.39 is 0 Å². The second kappa shape index (κ2) is 7.17. The van der Waals surface area contributed by atoms with Gasteiger partial charge in [0.1, 0.15) is 0 Å². The molecule has 0 N–H and O–H groups in total. The van der Waals surface area contributed by atoms with Crippen molar-refractivity contribution in [3.8, 4) is 0 Å². The highest BCUT2D eigenvalue weighted by atomic mass is 16.2. The van der Waals surface area contributed by atoms with Gasteiger partial charge in [0.25, 0.3) is 0 Å². The highest BCUT2D eigenvalue weighted by Crippen LogP contribution is 2.67. The van der Waals surface area contributed by atoms with Gasteiger partial charge in [0, 0.05) is 18.0 Å². The van der Waals surface area contributed by atoms with Crippen LogP contribution in [0.4, 0.5) is 0 Å². The Bertz CT molecular complexity index is 628. The summed E-state index contributed by atoms with van der Waals surface area (Å²) in [4.78, 5) is 15.8. The van der Waals surface area contributed by atoms with E-state index in [1.807, 2.05) is 0 Å². The predicted molar refractivity (Wildman–Crippen MR) is 117 cm³/mol. The molecule has 0 aromatic rings. The molecule has 3 saturated carbocycles. The van der Waals surface area contributed by atoms with E-state index in [1.54, 1.807) is 0 Å². The fraction of sp³-hybridized carbons (Fsp3) is 0.885. The maximum Gasteiger partial charge on any atom is 0.226 e. The minimum absolute atomic E-state index is 0.230. The summed E-state index contributed by atoms with van der Waals surface area (Å²) in [5.74, 6) is 4.02. The molecule has 2 nitrogen and oxygen atoms in total. The molecule has 0 aromatic carbocycles. The van der Waals surface area contributed by atoms with Gasteiger partial charge in [-0.05, 0) is 114 Å². The molecule has 158 valence electrons. The van der Waals surface area contributed by atoms with E-state index in [4.69, 9.17) is 0 Å². The van der Waals surface area contributed by atoms with Crippen LogP contribution < -0.4 is 0 Å². The van der Waals surface area contributed by atoms with Crippen molar-refractivity contribution in [1.29, 1.82) is 0 Å². The first-order valence-corrected chi connectivity index (χ1v) is 12.2. The average Bonchev–Trinajstić information content (AvgIpc) is 2.97. The zero-order valence-corrected chi connectivity index (χ0v) is 19.2. The third-order valence-corrected chi connectivity index (χ3v) is 9.83. The zero-order chi connectivity index (χ0) is 20.3. The Morgan fingerprint density at radius 3 is 2.25 bits per heavy atom. The number of nitrogens with zero attached hydrogens (tertiary/aromatic N) is 1. The van der Waals surface area contributed by atoms with Crippen LogP contribution in [0.25, 0.3) is 0 Å².